The lowest BCUT2D eigenvalue weighted by molar-refractivity contribution is -0.115. The number of thioether (sulfide) groups is 1. The van der Waals surface area contributed by atoms with E-state index in [1.54, 1.807) is 0 Å². The molecule has 6 heteroatoms. The summed E-state index contributed by atoms with van der Waals surface area (Å²) in [6, 6.07) is 5.69. The van der Waals surface area contributed by atoms with Gasteiger partial charge < -0.3 is 5.32 Å². The molecule has 2 rings (SSSR count). The Balaban J connectivity index is 1.96. The van der Waals surface area contributed by atoms with Gasteiger partial charge in [0, 0.05) is 10.7 Å². The Morgan fingerprint density at radius 2 is 2.28 bits per heavy atom. The summed E-state index contributed by atoms with van der Waals surface area (Å²) < 4.78 is 0. The van der Waals surface area contributed by atoms with Gasteiger partial charge in [-0.3, -0.25) is 9.79 Å². The molecule has 1 aromatic rings. The maximum atomic E-state index is 10.7. The Kier molecular flexibility index (Phi) is 4.04. The number of benzene rings is 1. The summed E-state index contributed by atoms with van der Waals surface area (Å²) in [5.74, 6) is 0.0352. The van der Waals surface area contributed by atoms with Crippen molar-refractivity contribution in [3.8, 4) is 0 Å². The third-order valence-corrected chi connectivity index (χ3v) is 3.45. The second-order valence-corrected chi connectivity index (χ2v) is 5.27. The van der Waals surface area contributed by atoms with Crippen molar-refractivity contribution in [2.24, 2.45) is 9.98 Å². The predicted octanol–water partition coefficient (Wildman–Crippen LogP) is 3.11. The van der Waals surface area contributed by atoms with Crippen molar-refractivity contribution in [1.29, 1.82) is 0 Å². The molecule has 94 valence electrons. The van der Waals surface area contributed by atoms with Crippen LogP contribution in [0.5, 0.6) is 0 Å². The molecule has 18 heavy (non-hydrogen) atoms. The topological polar surface area (TPSA) is 53.8 Å². The van der Waals surface area contributed by atoms with Crippen LogP contribution in [0.1, 0.15) is 12.5 Å². The van der Waals surface area contributed by atoms with Gasteiger partial charge in [-0.15, -0.1) is 0 Å². The highest BCUT2D eigenvalue weighted by Gasteiger charge is 2.17. The summed E-state index contributed by atoms with van der Waals surface area (Å²) in [5, 5.41) is 5.31. The molecule has 0 spiro atoms. The summed E-state index contributed by atoms with van der Waals surface area (Å²) in [4.78, 5) is 18.9. The van der Waals surface area contributed by atoms with Crippen molar-refractivity contribution >= 4 is 45.2 Å². The number of halogens is 1. The fourth-order valence-corrected chi connectivity index (χ4v) is 2.05. The number of amidine groups is 2. The van der Waals surface area contributed by atoms with Crippen LogP contribution in [0.15, 0.2) is 28.2 Å². The van der Waals surface area contributed by atoms with Gasteiger partial charge >= 0.3 is 0 Å². The molecule has 0 unspecified atom stereocenters. The Bertz CT molecular complexity index is 554. The highest BCUT2D eigenvalue weighted by Crippen LogP contribution is 2.24. The van der Waals surface area contributed by atoms with Crippen LogP contribution in [0.4, 0.5) is 5.69 Å². The minimum absolute atomic E-state index is 0.0352. The van der Waals surface area contributed by atoms with E-state index in [4.69, 9.17) is 11.6 Å². The fraction of sp³-hybridized carbons (Fsp3) is 0.250. The fourth-order valence-electron chi connectivity index (χ4n) is 1.33. The number of ketones is 1. The van der Waals surface area contributed by atoms with Crippen LogP contribution in [-0.4, -0.2) is 22.7 Å². The molecule has 1 aliphatic rings. The van der Waals surface area contributed by atoms with Crippen LogP contribution in [0.3, 0.4) is 0 Å². The van der Waals surface area contributed by atoms with E-state index < -0.39 is 0 Å². The van der Waals surface area contributed by atoms with Crippen LogP contribution >= 0.6 is 23.4 Å². The predicted molar refractivity (Wildman–Crippen MR) is 77.8 cm³/mol. The van der Waals surface area contributed by atoms with Gasteiger partial charge in [-0.1, -0.05) is 11.6 Å². The van der Waals surface area contributed by atoms with E-state index in [0.717, 1.165) is 21.4 Å². The quantitative estimate of drug-likeness (QED) is 0.926. The maximum Gasteiger partial charge on any atom is 0.193 e. The van der Waals surface area contributed by atoms with Crippen molar-refractivity contribution in [2.75, 3.05) is 11.9 Å². The molecular formula is C12H12ClN3OS. The number of aryl methyl sites for hydroxylation is 1. The van der Waals surface area contributed by atoms with E-state index in [0.29, 0.717) is 5.17 Å². The summed E-state index contributed by atoms with van der Waals surface area (Å²) >= 11 is 7.37. The molecule has 0 saturated heterocycles. The number of nitrogens with one attached hydrogen (secondary N) is 1. The molecule has 0 aromatic heterocycles. The molecule has 1 heterocycles. The molecule has 1 aliphatic heterocycles. The average molecular weight is 282 g/mol. The van der Waals surface area contributed by atoms with Crippen molar-refractivity contribution < 1.29 is 4.79 Å². The normalized spacial score (nSPS) is 16.2. The molecule has 1 N–H and O–H groups in total. The van der Waals surface area contributed by atoms with Crippen LogP contribution < -0.4 is 5.32 Å². The molecule has 1 aromatic carbocycles. The van der Waals surface area contributed by atoms with Crippen LogP contribution in [-0.2, 0) is 4.79 Å². The number of aliphatic imine (C=N–C) groups is 2. The Labute approximate surface area is 115 Å². The minimum Gasteiger partial charge on any atom is -0.334 e. The monoisotopic (exact) mass is 281 g/mol. The van der Waals surface area contributed by atoms with Gasteiger partial charge in [0.25, 0.3) is 0 Å². The zero-order chi connectivity index (χ0) is 13.1. The van der Waals surface area contributed by atoms with Gasteiger partial charge in [-0.25, -0.2) is 0 Å². The number of Topliss-reactive ketones (excluding diaryl/α,β-unsaturated/α-hetero) is 1. The number of hydrogen-bond acceptors (Lipinski definition) is 4. The van der Waals surface area contributed by atoms with Gasteiger partial charge in [0.15, 0.2) is 16.1 Å². The first kappa shape index (κ1) is 13.1. The van der Waals surface area contributed by atoms with Crippen molar-refractivity contribution in [3.05, 3.63) is 28.8 Å². The highest BCUT2D eigenvalue weighted by atomic mass is 35.5. The smallest absolute Gasteiger partial charge is 0.193 e. The zero-order valence-corrected chi connectivity index (χ0v) is 11.6. The lowest BCUT2D eigenvalue weighted by Gasteiger charge is -2.16. The third kappa shape index (κ3) is 3.34. The lowest BCUT2D eigenvalue weighted by atomic mass is 10.2. The Morgan fingerprint density at radius 3 is 2.89 bits per heavy atom. The summed E-state index contributed by atoms with van der Waals surface area (Å²) in [5.41, 5.74) is 1.95. The Hall–Kier alpha value is -1.33. The molecular weight excluding hydrogens is 270 g/mol. The number of nitrogens with zero attached hydrogens (tertiary/aromatic N) is 2. The first-order valence-electron chi connectivity index (χ1n) is 5.38. The number of anilines is 1. The number of carbonyl (C=O) groups is 1. The molecule has 0 saturated carbocycles. The van der Waals surface area contributed by atoms with Crippen molar-refractivity contribution in [3.63, 3.8) is 0 Å². The second-order valence-electron chi connectivity index (χ2n) is 3.91. The van der Waals surface area contributed by atoms with E-state index in [1.807, 2.05) is 25.1 Å². The van der Waals surface area contributed by atoms with Gasteiger partial charge in [-0.05, 0) is 49.4 Å². The van der Waals surface area contributed by atoms with E-state index in [-0.39, 0.29) is 12.3 Å². The highest BCUT2D eigenvalue weighted by molar-refractivity contribution is 8.29. The molecule has 0 atom stereocenters. The van der Waals surface area contributed by atoms with Crippen LogP contribution in [0.2, 0.25) is 5.02 Å². The van der Waals surface area contributed by atoms with Gasteiger partial charge in [-0.2, -0.15) is 4.99 Å². The lowest BCUT2D eigenvalue weighted by Crippen LogP contribution is -2.20. The number of hydrogen-bond donors (Lipinski definition) is 1. The maximum absolute atomic E-state index is 10.7. The van der Waals surface area contributed by atoms with E-state index >= 15 is 0 Å². The van der Waals surface area contributed by atoms with Gasteiger partial charge in [0.2, 0.25) is 0 Å². The van der Waals surface area contributed by atoms with Gasteiger partial charge in [0.05, 0.1) is 0 Å². The molecule has 0 radical (unpaired) electrons. The second kappa shape index (κ2) is 5.54. The van der Waals surface area contributed by atoms with Crippen LogP contribution in [0.25, 0.3) is 0 Å². The first-order chi connectivity index (χ1) is 8.54. The van der Waals surface area contributed by atoms with Crippen molar-refractivity contribution in [2.45, 2.75) is 13.8 Å². The average Bonchev–Trinajstić information content (AvgIpc) is 2.26. The number of carbonyl (C=O) groups excluding carboxylic acids is 1. The summed E-state index contributed by atoms with van der Waals surface area (Å²) in [6.45, 7) is 3.65. The molecule has 0 amide bonds. The van der Waals surface area contributed by atoms with Gasteiger partial charge in [0.1, 0.15) is 6.54 Å². The molecule has 0 aliphatic carbocycles. The number of rotatable bonds is 3. The first-order valence-corrected chi connectivity index (χ1v) is 6.57. The van der Waals surface area contributed by atoms with Crippen molar-refractivity contribution in [1.82, 2.24) is 0 Å². The largest absolute Gasteiger partial charge is 0.334 e. The zero-order valence-electron chi connectivity index (χ0n) is 10.0. The molecule has 0 fully saturated rings. The molecule has 4 nitrogen and oxygen atoms in total. The molecule has 0 bridgehead atoms. The third-order valence-electron chi connectivity index (χ3n) is 2.23. The SMILES string of the molecule is CC(=O)CN=C1N=C(Nc2ccc(Cl)c(C)c2)S1. The summed E-state index contributed by atoms with van der Waals surface area (Å²) in [6.07, 6.45) is 0. The van der Waals surface area contributed by atoms with E-state index in [9.17, 15) is 4.79 Å². The van der Waals surface area contributed by atoms with E-state index in [1.165, 1.54) is 18.7 Å². The minimum atomic E-state index is 0.0352. The standard InChI is InChI=1S/C12H12ClN3OS/c1-7-5-9(3-4-10(7)13)15-12-16-11(18-12)14-6-8(2)17/h3-5H,6H2,1-2H3,(H,14,15,16). The van der Waals surface area contributed by atoms with E-state index in [2.05, 4.69) is 15.3 Å². The summed E-state index contributed by atoms with van der Waals surface area (Å²) in [7, 11) is 0. The Morgan fingerprint density at radius 1 is 1.56 bits per heavy atom. The van der Waals surface area contributed by atoms with Crippen LogP contribution in [0, 0.1) is 6.92 Å².